The van der Waals surface area contributed by atoms with E-state index in [0.29, 0.717) is 32.5 Å². The highest BCUT2D eigenvalue weighted by atomic mass is 16.5. The van der Waals surface area contributed by atoms with Crippen molar-refractivity contribution in [2.24, 2.45) is 0 Å². The average Bonchev–Trinajstić information content (AvgIpc) is 2.46. The normalized spacial score (nSPS) is 19.8. The predicted octanol–water partition coefficient (Wildman–Crippen LogP) is 1.36. The van der Waals surface area contributed by atoms with Gasteiger partial charge < -0.3 is 14.7 Å². The van der Waals surface area contributed by atoms with Gasteiger partial charge in [-0.1, -0.05) is 30.3 Å². The van der Waals surface area contributed by atoms with Gasteiger partial charge in [0.05, 0.1) is 13.2 Å². The number of carbonyl (C=O) groups is 1. The van der Waals surface area contributed by atoms with Crippen LogP contribution >= 0.6 is 0 Å². The summed E-state index contributed by atoms with van der Waals surface area (Å²) in [6, 6.07) is 9.96. The van der Waals surface area contributed by atoms with Gasteiger partial charge in [0.2, 0.25) is 5.91 Å². The largest absolute Gasteiger partial charge is 0.396 e. The number of aliphatic hydroxyl groups excluding tert-OH is 1. The van der Waals surface area contributed by atoms with E-state index in [1.165, 1.54) is 0 Å². The monoisotopic (exact) mass is 249 g/mol. The van der Waals surface area contributed by atoms with Crippen LogP contribution in [0.15, 0.2) is 30.3 Å². The zero-order chi connectivity index (χ0) is 12.8. The molecule has 1 aliphatic rings. The molecule has 2 rings (SSSR count). The topological polar surface area (TPSA) is 49.8 Å². The summed E-state index contributed by atoms with van der Waals surface area (Å²) in [5.74, 6) is 0.105. The van der Waals surface area contributed by atoms with Gasteiger partial charge in [-0.15, -0.1) is 0 Å². The molecule has 1 atom stereocenters. The molecule has 4 nitrogen and oxygen atoms in total. The molecule has 4 heteroatoms. The van der Waals surface area contributed by atoms with Crippen molar-refractivity contribution in [2.75, 3.05) is 26.3 Å². The Morgan fingerprint density at radius 3 is 2.89 bits per heavy atom. The van der Waals surface area contributed by atoms with Crippen molar-refractivity contribution >= 4 is 5.91 Å². The number of hydrogen-bond acceptors (Lipinski definition) is 3. The van der Waals surface area contributed by atoms with E-state index in [9.17, 15) is 4.79 Å². The van der Waals surface area contributed by atoms with Gasteiger partial charge in [0.25, 0.3) is 0 Å². The first-order chi connectivity index (χ1) is 8.81. The fourth-order valence-electron chi connectivity index (χ4n) is 2.13. The second-order valence-electron chi connectivity index (χ2n) is 4.44. The molecule has 18 heavy (non-hydrogen) atoms. The van der Waals surface area contributed by atoms with E-state index in [1.807, 2.05) is 35.2 Å². The van der Waals surface area contributed by atoms with Gasteiger partial charge in [0, 0.05) is 19.6 Å². The molecule has 0 saturated carbocycles. The lowest BCUT2D eigenvalue weighted by atomic mass is 10.1. The third-order valence-corrected chi connectivity index (χ3v) is 3.14. The van der Waals surface area contributed by atoms with Crippen LogP contribution < -0.4 is 0 Å². The third kappa shape index (κ3) is 3.31. The van der Waals surface area contributed by atoms with Crippen LogP contribution in [-0.4, -0.2) is 42.2 Å². The molecular formula is C14H19NO3. The van der Waals surface area contributed by atoms with Crippen LogP contribution in [-0.2, 0) is 9.53 Å². The molecule has 1 aromatic carbocycles. The van der Waals surface area contributed by atoms with Crippen LogP contribution in [0.5, 0.6) is 0 Å². The van der Waals surface area contributed by atoms with E-state index < -0.39 is 0 Å². The second-order valence-corrected chi connectivity index (χ2v) is 4.44. The molecular weight excluding hydrogens is 230 g/mol. The number of amides is 1. The molecule has 1 heterocycles. The van der Waals surface area contributed by atoms with E-state index in [0.717, 1.165) is 5.56 Å². The van der Waals surface area contributed by atoms with E-state index in [1.54, 1.807) is 0 Å². The molecule has 0 spiro atoms. The Bertz CT molecular complexity index is 380. The standard InChI is InChI=1S/C14H19NO3/c16-9-4-7-14(17)15-8-10-18-13(11-15)12-5-2-1-3-6-12/h1-3,5-6,13,16H,4,7-11H2. The fourth-order valence-corrected chi connectivity index (χ4v) is 2.13. The van der Waals surface area contributed by atoms with Gasteiger partial charge >= 0.3 is 0 Å². The van der Waals surface area contributed by atoms with Crippen LogP contribution in [0.3, 0.4) is 0 Å². The number of hydrogen-bond donors (Lipinski definition) is 1. The summed E-state index contributed by atoms with van der Waals surface area (Å²) < 4.78 is 5.71. The number of rotatable bonds is 4. The summed E-state index contributed by atoms with van der Waals surface area (Å²) in [7, 11) is 0. The lowest BCUT2D eigenvalue weighted by Gasteiger charge is -2.33. The number of aliphatic hydroxyl groups is 1. The molecule has 98 valence electrons. The van der Waals surface area contributed by atoms with Gasteiger partial charge in [-0.05, 0) is 12.0 Å². The van der Waals surface area contributed by atoms with Crippen molar-refractivity contribution in [3.63, 3.8) is 0 Å². The van der Waals surface area contributed by atoms with Crippen LogP contribution in [0.2, 0.25) is 0 Å². The summed E-state index contributed by atoms with van der Waals surface area (Å²) in [5, 5.41) is 8.75. The molecule has 0 aromatic heterocycles. The van der Waals surface area contributed by atoms with Crippen molar-refractivity contribution in [1.29, 1.82) is 0 Å². The Morgan fingerprint density at radius 1 is 1.39 bits per heavy atom. The van der Waals surface area contributed by atoms with Crippen molar-refractivity contribution in [1.82, 2.24) is 4.90 Å². The number of morpholine rings is 1. The van der Waals surface area contributed by atoms with Crippen LogP contribution in [0.1, 0.15) is 24.5 Å². The Kier molecular flexibility index (Phi) is 4.73. The first-order valence-electron chi connectivity index (χ1n) is 6.36. The van der Waals surface area contributed by atoms with Crippen molar-refractivity contribution in [2.45, 2.75) is 18.9 Å². The Hall–Kier alpha value is -1.39. The SMILES string of the molecule is O=C(CCCO)N1CCOC(c2ccccc2)C1. The molecule has 1 aliphatic heterocycles. The van der Waals surface area contributed by atoms with Gasteiger partial charge in [0.1, 0.15) is 6.10 Å². The minimum Gasteiger partial charge on any atom is -0.396 e. The zero-order valence-corrected chi connectivity index (χ0v) is 10.4. The van der Waals surface area contributed by atoms with Gasteiger partial charge in [-0.3, -0.25) is 4.79 Å². The minimum atomic E-state index is -0.0296. The quantitative estimate of drug-likeness (QED) is 0.876. The van der Waals surface area contributed by atoms with Crippen LogP contribution in [0.25, 0.3) is 0 Å². The summed E-state index contributed by atoms with van der Waals surface area (Å²) in [4.78, 5) is 13.7. The number of carbonyl (C=O) groups excluding carboxylic acids is 1. The Balaban J connectivity index is 1.94. The Morgan fingerprint density at radius 2 is 2.17 bits per heavy atom. The molecule has 0 aliphatic carbocycles. The molecule has 1 unspecified atom stereocenters. The molecule has 1 aromatic rings. The van der Waals surface area contributed by atoms with Gasteiger partial charge in [-0.2, -0.15) is 0 Å². The minimum absolute atomic E-state index is 0.0296. The smallest absolute Gasteiger partial charge is 0.222 e. The van der Waals surface area contributed by atoms with Gasteiger partial charge in [0.15, 0.2) is 0 Å². The van der Waals surface area contributed by atoms with E-state index >= 15 is 0 Å². The lowest BCUT2D eigenvalue weighted by Crippen LogP contribution is -2.42. The van der Waals surface area contributed by atoms with Crippen LogP contribution in [0, 0.1) is 0 Å². The van der Waals surface area contributed by atoms with Gasteiger partial charge in [-0.25, -0.2) is 0 Å². The zero-order valence-electron chi connectivity index (χ0n) is 10.4. The maximum Gasteiger partial charge on any atom is 0.222 e. The highest BCUT2D eigenvalue weighted by Crippen LogP contribution is 2.22. The van der Waals surface area contributed by atoms with Crippen molar-refractivity contribution < 1.29 is 14.6 Å². The average molecular weight is 249 g/mol. The Labute approximate surface area is 107 Å². The predicted molar refractivity (Wildman–Crippen MR) is 68.0 cm³/mol. The maximum atomic E-state index is 11.9. The number of nitrogens with zero attached hydrogens (tertiary/aromatic N) is 1. The summed E-state index contributed by atoms with van der Waals surface area (Å²) in [6.07, 6.45) is 0.919. The maximum absolute atomic E-state index is 11.9. The third-order valence-electron chi connectivity index (χ3n) is 3.14. The summed E-state index contributed by atoms with van der Waals surface area (Å²) in [5.41, 5.74) is 1.11. The summed E-state index contributed by atoms with van der Waals surface area (Å²) in [6.45, 7) is 1.89. The van der Waals surface area contributed by atoms with E-state index in [2.05, 4.69) is 0 Å². The second kappa shape index (κ2) is 6.52. The van der Waals surface area contributed by atoms with E-state index in [4.69, 9.17) is 9.84 Å². The first kappa shape index (κ1) is 13.1. The molecule has 0 radical (unpaired) electrons. The van der Waals surface area contributed by atoms with E-state index in [-0.39, 0.29) is 18.6 Å². The summed E-state index contributed by atoms with van der Waals surface area (Å²) >= 11 is 0. The molecule has 1 N–H and O–H groups in total. The first-order valence-corrected chi connectivity index (χ1v) is 6.36. The number of benzene rings is 1. The van der Waals surface area contributed by atoms with Crippen molar-refractivity contribution in [3.8, 4) is 0 Å². The highest BCUT2D eigenvalue weighted by molar-refractivity contribution is 5.76. The number of ether oxygens (including phenoxy) is 1. The molecule has 0 bridgehead atoms. The molecule has 1 amide bonds. The van der Waals surface area contributed by atoms with Crippen molar-refractivity contribution in [3.05, 3.63) is 35.9 Å². The van der Waals surface area contributed by atoms with Crippen LogP contribution in [0.4, 0.5) is 0 Å². The fraction of sp³-hybridized carbons (Fsp3) is 0.500. The molecule has 1 fully saturated rings. The molecule has 1 saturated heterocycles. The lowest BCUT2D eigenvalue weighted by molar-refractivity contribution is -0.139. The highest BCUT2D eigenvalue weighted by Gasteiger charge is 2.24.